The number of furan rings is 1. The molecule has 0 aromatic carbocycles. The van der Waals surface area contributed by atoms with Gasteiger partial charge in [-0.3, -0.25) is 4.90 Å². The molecule has 1 aliphatic heterocycles. The average molecular weight is 303 g/mol. The van der Waals surface area contributed by atoms with Gasteiger partial charge in [0.2, 0.25) is 0 Å². The van der Waals surface area contributed by atoms with Crippen LogP contribution in [0.5, 0.6) is 0 Å². The van der Waals surface area contributed by atoms with Crippen LogP contribution >= 0.6 is 15.9 Å². The molecule has 5 heteroatoms. The van der Waals surface area contributed by atoms with Gasteiger partial charge in [-0.2, -0.15) is 0 Å². The molecular formula is C12H19BrN2O2. The van der Waals surface area contributed by atoms with E-state index in [0.29, 0.717) is 5.76 Å². The Morgan fingerprint density at radius 3 is 2.88 bits per heavy atom. The molecule has 1 aliphatic rings. The predicted octanol–water partition coefficient (Wildman–Crippen LogP) is 1.71. The van der Waals surface area contributed by atoms with E-state index < -0.39 is 6.10 Å². The lowest BCUT2D eigenvalue weighted by atomic mass is 10.1. The van der Waals surface area contributed by atoms with E-state index in [2.05, 4.69) is 39.8 Å². The van der Waals surface area contributed by atoms with E-state index in [1.807, 2.05) is 6.07 Å². The van der Waals surface area contributed by atoms with Crippen LogP contribution in [0, 0.1) is 0 Å². The highest BCUT2D eigenvalue weighted by atomic mass is 79.9. The summed E-state index contributed by atoms with van der Waals surface area (Å²) < 4.78 is 6.20. The molecule has 2 rings (SSSR count). The minimum absolute atomic E-state index is 0.0740. The summed E-state index contributed by atoms with van der Waals surface area (Å²) in [7, 11) is 4.15. The first-order valence-electron chi connectivity index (χ1n) is 5.89. The Kier molecular flexibility index (Phi) is 4.25. The topological polar surface area (TPSA) is 39.9 Å². The van der Waals surface area contributed by atoms with E-state index in [4.69, 9.17) is 4.42 Å². The van der Waals surface area contributed by atoms with Gasteiger partial charge in [0.1, 0.15) is 11.9 Å². The van der Waals surface area contributed by atoms with Gasteiger partial charge in [0.05, 0.1) is 16.8 Å². The van der Waals surface area contributed by atoms with E-state index in [1.165, 1.54) is 0 Å². The number of hydrogen-bond donors (Lipinski definition) is 1. The molecule has 1 aromatic rings. The molecule has 96 valence electrons. The monoisotopic (exact) mass is 302 g/mol. The second kappa shape index (κ2) is 5.52. The first kappa shape index (κ1) is 13.1. The van der Waals surface area contributed by atoms with E-state index in [-0.39, 0.29) is 6.04 Å². The van der Waals surface area contributed by atoms with Crippen molar-refractivity contribution in [3.8, 4) is 0 Å². The molecule has 1 fully saturated rings. The van der Waals surface area contributed by atoms with Crippen molar-refractivity contribution in [1.82, 2.24) is 9.80 Å². The fourth-order valence-electron chi connectivity index (χ4n) is 2.34. The lowest BCUT2D eigenvalue weighted by Gasteiger charge is -2.30. The summed E-state index contributed by atoms with van der Waals surface area (Å²) in [6, 6.07) is 1.89. The molecular weight excluding hydrogens is 284 g/mol. The van der Waals surface area contributed by atoms with Gasteiger partial charge in [-0.1, -0.05) is 0 Å². The summed E-state index contributed by atoms with van der Waals surface area (Å²) >= 11 is 3.40. The molecule has 0 bridgehead atoms. The molecule has 0 aliphatic carbocycles. The van der Waals surface area contributed by atoms with Crippen LogP contribution in [0.15, 0.2) is 21.2 Å². The molecule has 0 amide bonds. The summed E-state index contributed by atoms with van der Waals surface area (Å²) in [6.07, 6.45) is 2.14. The number of likely N-dealkylation sites (N-methyl/N-ethyl adjacent to an activating group) is 2. The van der Waals surface area contributed by atoms with Gasteiger partial charge in [0, 0.05) is 6.54 Å². The van der Waals surface area contributed by atoms with Crippen molar-refractivity contribution in [2.75, 3.05) is 33.7 Å². The maximum Gasteiger partial charge on any atom is 0.148 e. The van der Waals surface area contributed by atoms with Gasteiger partial charge in [-0.05, 0) is 55.6 Å². The fraction of sp³-hybridized carbons (Fsp3) is 0.667. The number of aliphatic hydroxyl groups is 1. The van der Waals surface area contributed by atoms with Gasteiger partial charge >= 0.3 is 0 Å². The van der Waals surface area contributed by atoms with Crippen molar-refractivity contribution in [3.05, 3.63) is 22.6 Å². The van der Waals surface area contributed by atoms with Gasteiger partial charge < -0.3 is 14.4 Å². The number of halogens is 1. The molecule has 1 saturated heterocycles. The van der Waals surface area contributed by atoms with Crippen molar-refractivity contribution in [2.24, 2.45) is 0 Å². The van der Waals surface area contributed by atoms with Crippen LogP contribution in [-0.2, 0) is 0 Å². The van der Waals surface area contributed by atoms with Crippen molar-refractivity contribution in [3.63, 3.8) is 0 Å². The predicted molar refractivity (Wildman–Crippen MR) is 69.9 cm³/mol. The Bertz CT molecular complexity index is 369. The Morgan fingerprint density at radius 2 is 2.24 bits per heavy atom. The van der Waals surface area contributed by atoms with Crippen molar-refractivity contribution in [2.45, 2.75) is 18.6 Å². The van der Waals surface area contributed by atoms with Crippen molar-refractivity contribution >= 4 is 15.9 Å². The highest BCUT2D eigenvalue weighted by Gasteiger charge is 2.31. The molecule has 2 unspecified atom stereocenters. The van der Waals surface area contributed by atoms with Gasteiger partial charge in [-0.25, -0.2) is 0 Å². The second-order valence-electron chi connectivity index (χ2n) is 4.74. The SMILES string of the molecule is CN1CCCN(C)C(C(O)c2occc2Br)C1. The minimum atomic E-state index is -0.593. The summed E-state index contributed by atoms with van der Waals surface area (Å²) in [5.41, 5.74) is 0. The summed E-state index contributed by atoms with van der Waals surface area (Å²) in [5.74, 6) is 0.622. The van der Waals surface area contributed by atoms with Gasteiger partial charge in [0.25, 0.3) is 0 Å². The molecule has 0 spiro atoms. The molecule has 1 N–H and O–H groups in total. The third-order valence-corrected chi connectivity index (χ3v) is 4.05. The van der Waals surface area contributed by atoms with Crippen LogP contribution in [0.4, 0.5) is 0 Å². The molecule has 1 aromatic heterocycles. The van der Waals surface area contributed by atoms with Crippen molar-refractivity contribution < 1.29 is 9.52 Å². The summed E-state index contributed by atoms with van der Waals surface area (Å²) in [6.45, 7) is 2.93. The third-order valence-electron chi connectivity index (χ3n) is 3.39. The zero-order valence-corrected chi connectivity index (χ0v) is 11.9. The maximum atomic E-state index is 10.4. The largest absolute Gasteiger partial charge is 0.465 e. The van der Waals surface area contributed by atoms with Crippen LogP contribution in [0.1, 0.15) is 18.3 Å². The lowest BCUT2D eigenvalue weighted by Crippen LogP contribution is -2.42. The van der Waals surface area contributed by atoms with Crippen LogP contribution < -0.4 is 0 Å². The van der Waals surface area contributed by atoms with Crippen LogP contribution in [0.2, 0.25) is 0 Å². The average Bonchev–Trinajstić information content (AvgIpc) is 2.63. The quantitative estimate of drug-likeness (QED) is 0.903. The molecule has 2 heterocycles. The molecule has 2 atom stereocenters. The highest BCUT2D eigenvalue weighted by molar-refractivity contribution is 9.10. The summed E-state index contributed by atoms with van der Waals surface area (Å²) in [4.78, 5) is 4.47. The first-order valence-corrected chi connectivity index (χ1v) is 6.68. The minimum Gasteiger partial charge on any atom is -0.465 e. The molecule has 0 radical (unpaired) electrons. The van der Waals surface area contributed by atoms with Crippen LogP contribution in [0.3, 0.4) is 0 Å². The number of nitrogens with zero attached hydrogens (tertiary/aromatic N) is 2. The number of hydrogen-bond acceptors (Lipinski definition) is 4. The summed E-state index contributed by atoms with van der Waals surface area (Å²) in [5, 5.41) is 10.4. The molecule has 4 nitrogen and oxygen atoms in total. The number of rotatable bonds is 2. The highest BCUT2D eigenvalue weighted by Crippen LogP contribution is 2.29. The van der Waals surface area contributed by atoms with E-state index >= 15 is 0 Å². The van der Waals surface area contributed by atoms with E-state index in [9.17, 15) is 5.11 Å². The lowest BCUT2D eigenvalue weighted by molar-refractivity contribution is 0.0415. The zero-order chi connectivity index (χ0) is 12.4. The second-order valence-corrected chi connectivity index (χ2v) is 5.60. The Labute approximate surface area is 110 Å². The zero-order valence-electron chi connectivity index (χ0n) is 10.3. The Hall–Kier alpha value is -0.360. The Balaban J connectivity index is 2.16. The van der Waals surface area contributed by atoms with Crippen molar-refractivity contribution in [1.29, 1.82) is 0 Å². The van der Waals surface area contributed by atoms with Crippen LogP contribution in [-0.4, -0.2) is 54.7 Å². The number of aliphatic hydroxyl groups excluding tert-OH is 1. The van der Waals surface area contributed by atoms with Crippen LogP contribution in [0.25, 0.3) is 0 Å². The normalized spacial score (nSPS) is 25.8. The van der Waals surface area contributed by atoms with E-state index in [0.717, 1.165) is 30.5 Å². The first-order chi connectivity index (χ1) is 8.09. The van der Waals surface area contributed by atoms with E-state index in [1.54, 1.807) is 6.26 Å². The smallest absolute Gasteiger partial charge is 0.148 e. The van der Waals surface area contributed by atoms with Gasteiger partial charge in [0.15, 0.2) is 0 Å². The maximum absolute atomic E-state index is 10.4. The van der Waals surface area contributed by atoms with Gasteiger partial charge in [-0.15, -0.1) is 0 Å². The molecule has 17 heavy (non-hydrogen) atoms. The Morgan fingerprint density at radius 1 is 1.47 bits per heavy atom. The molecule has 0 saturated carbocycles. The third kappa shape index (κ3) is 2.91. The fourth-order valence-corrected chi connectivity index (χ4v) is 2.77. The standard InChI is InChI=1S/C12H19BrN2O2/c1-14-5-3-6-15(2)10(8-14)11(16)12-9(13)4-7-17-12/h4,7,10-11,16H,3,5-6,8H2,1-2H3.